The minimum atomic E-state index is -0.942. The molecule has 0 radical (unpaired) electrons. The molecule has 3 heterocycles. The van der Waals surface area contributed by atoms with Crippen molar-refractivity contribution in [1.82, 2.24) is 15.1 Å². The van der Waals surface area contributed by atoms with Gasteiger partial charge >= 0.3 is 5.97 Å². The van der Waals surface area contributed by atoms with Gasteiger partial charge in [0.05, 0.1) is 11.3 Å². The number of benzene rings is 1. The Morgan fingerprint density at radius 2 is 1.87 bits per heavy atom. The second kappa shape index (κ2) is 9.30. The first-order valence-electron chi connectivity index (χ1n) is 10.1. The Labute approximate surface area is 180 Å². The fraction of sp³-hybridized carbons (Fsp3) is 0.208. The molecule has 31 heavy (non-hydrogen) atoms. The van der Waals surface area contributed by atoms with Crippen LogP contribution in [0.3, 0.4) is 0 Å². The van der Waals surface area contributed by atoms with E-state index in [9.17, 15) is 4.79 Å². The van der Waals surface area contributed by atoms with Crippen LogP contribution in [-0.2, 0) is 0 Å². The highest BCUT2D eigenvalue weighted by Gasteiger charge is 2.16. The van der Waals surface area contributed by atoms with Gasteiger partial charge in [0.2, 0.25) is 0 Å². The van der Waals surface area contributed by atoms with Gasteiger partial charge in [-0.15, -0.1) is 0 Å². The summed E-state index contributed by atoms with van der Waals surface area (Å²) < 4.78 is 5.32. The summed E-state index contributed by atoms with van der Waals surface area (Å²) in [5.41, 5.74) is 6.62. The van der Waals surface area contributed by atoms with Gasteiger partial charge in [-0.25, -0.2) is 9.78 Å². The number of aromatic carboxylic acids is 1. The average molecular weight is 418 g/mol. The number of anilines is 1. The molecule has 7 nitrogen and oxygen atoms in total. The van der Waals surface area contributed by atoms with Crippen LogP contribution in [0.25, 0.3) is 27.7 Å². The maximum atomic E-state index is 11.0. The molecule has 0 amide bonds. The predicted molar refractivity (Wildman–Crippen MR) is 123 cm³/mol. The molecule has 7 heteroatoms. The number of hydrogen-bond donors (Lipinski definition) is 3. The van der Waals surface area contributed by atoms with Gasteiger partial charge in [0.1, 0.15) is 11.4 Å². The molecule has 0 aliphatic carbocycles. The van der Waals surface area contributed by atoms with Crippen LogP contribution in [0.2, 0.25) is 0 Å². The van der Waals surface area contributed by atoms with Crippen molar-refractivity contribution in [2.75, 3.05) is 5.32 Å². The summed E-state index contributed by atoms with van der Waals surface area (Å²) in [4.78, 5) is 18.7. The smallest absolute Gasteiger partial charge is 0.335 e. The summed E-state index contributed by atoms with van der Waals surface area (Å²) in [7, 11) is 0. The van der Waals surface area contributed by atoms with Crippen LogP contribution in [0.15, 0.2) is 53.3 Å². The highest BCUT2D eigenvalue weighted by Crippen LogP contribution is 2.33. The van der Waals surface area contributed by atoms with Gasteiger partial charge < -0.3 is 19.9 Å². The van der Waals surface area contributed by atoms with Crippen molar-refractivity contribution in [3.05, 3.63) is 71.5 Å². The van der Waals surface area contributed by atoms with E-state index in [-0.39, 0.29) is 5.56 Å². The summed E-state index contributed by atoms with van der Waals surface area (Å²) in [6, 6.07) is 10.6. The van der Waals surface area contributed by atoms with E-state index in [0.717, 1.165) is 50.6 Å². The van der Waals surface area contributed by atoms with Crippen LogP contribution >= 0.6 is 0 Å². The van der Waals surface area contributed by atoms with E-state index in [2.05, 4.69) is 26.5 Å². The third kappa shape index (κ3) is 4.50. The van der Waals surface area contributed by atoms with E-state index in [4.69, 9.17) is 9.63 Å². The SMILES string of the molecule is C/C(=C\Nc1ccc(C(=O)O)cc1)c1cc2c(-c3c(C)noc3C)ccnc2[nH]1.CC. The molecule has 3 N–H and O–H groups in total. The van der Waals surface area contributed by atoms with Crippen molar-refractivity contribution in [2.24, 2.45) is 0 Å². The van der Waals surface area contributed by atoms with E-state index < -0.39 is 5.97 Å². The first kappa shape index (κ1) is 21.8. The zero-order valence-electron chi connectivity index (χ0n) is 18.3. The number of H-pyrrole nitrogens is 1. The van der Waals surface area contributed by atoms with Crippen LogP contribution < -0.4 is 5.32 Å². The number of pyridine rings is 1. The van der Waals surface area contributed by atoms with Gasteiger partial charge in [-0.1, -0.05) is 19.0 Å². The van der Waals surface area contributed by atoms with E-state index >= 15 is 0 Å². The van der Waals surface area contributed by atoms with Crippen molar-refractivity contribution in [1.29, 1.82) is 0 Å². The molecule has 0 aliphatic rings. The molecule has 160 valence electrons. The highest BCUT2D eigenvalue weighted by atomic mass is 16.5. The summed E-state index contributed by atoms with van der Waals surface area (Å²) >= 11 is 0. The molecular weight excluding hydrogens is 392 g/mol. The maximum Gasteiger partial charge on any atom is 0.335 e. The summed E-state index contributed by atoms with van der Waals surface area (Å²) in [6.07, 6.45) is 3.64. The number of aryl methyl sites for hydroxylation is 2. The van der Waals surface area contributed by atoms with E-state index in [1.54, 1.807) is 30.5 Å². The molecule has 4 aromatic rings. The van der Waals surface area contributed by atoms with E-state index in [0.29, 0.717) is 0 Å². The number of allylic oxidation sites excluding steroid dienone is 1. The first-order chi connectivity index (χ1) is 14.9. The van der Waals surface area contributed by atoms with Crippen molar-refractivity contribution in [3.63, 3.8) is 0 Å². The van der Waals surface area contributed by atoms with E-state index in [1.807, 2.05) is 46.9 Å². The number of nitrogens with one attached hydrogen (secondary N) is 2. The Morgan fingerprint density at radius 3 is 2.48 bits per heavy atom. The number of hydrogen-bond acceptors (Lipinski definition) is 5. The third-order valence-electron chi connectivity index (χ3n) is 4.85. The van der Waals surface area contributed by atoms with Crippen molar-refractivity contribution >= 4 is 28.3 Å². The van der Waals surface area contributed by atoms with Crippen molar-refractivity contribution < 1.29 is 14.4 Å². The lowest BCUT2D eigenvalue weighted by atomic mass is 10.0. The quantitative estimate of drug-likeness (QED) is 0.365. The lowest BCUT2D eigenvalue weighted by Crippen LogP contribution is -1.96. The predicted octanol–water partition coefficient (Wildman–Crippen LogP) is 6.03. The molecule has 0 atom stereocenters. The topological polar surface area (TPSA) is 104 Å². The van der Waals surface area contributed by atoms with Gasteiger partial charge in [-0.3, -0.25) is 0 Å². The zero-order valence-corrected chi connectivity index (χ0v) is 18.3. The Balaban J connectivity index is 0.00000132. The number of rotatable bonds is 5. The Bertz CT molecular complexity index is 1210. The van der Waals surface area contributed by atoms with Gasteiger partial charge in [0, 0.05) is 34.7 Å². The van der Waals surface area contributed by atoms with Crippen LogP contribution in [0.4, 0.5) is 5.69 Å². The molecule has 0 aliphatic heterocycles. The number of aromatic nitrogens is 3. The standard InChI is InChI=1S/C22H20N4O3.C2H6/c1-12(11-24-16-6-4-15(5-7-16)22(27)28)19-10-18-17(8-9-23-21(18)25-19)20-13(2)26-29-14(20)3;1-2/h4-11,24H,1-3H3,(H,23,25)(H,27,28);1-2H3/b12-11+;. The third-order valence-corrected chi connectivity index (χ3v) is 4.85. The fourth-order valence-electron chi connectivity index (χ4n) is 3.30. The van der Waals surface area contributed by atoms with Gasteiger partial charge in [0.25, 0.3) is 0 Å². The first-order valence-corrected chi connectivity index (χ1v) is 10.1. The highest BCUT2D eigenvalue weighted by molar-refractivity contribution is 5.96. The number of carboxylic acids is 1. The van der Waals surface area contributed by atoms with Crippen molar-refractivity contribution in [3.8, 4) is 11.1 Å². The Kier molecular flexibility index (Phi) is 6.55. The molecule has 4 rings (SSSR count). The summed E-state index contributed by atoms with van der Waals surface area (Å²) in [5.74, 6) is -0.167. The molecular formula is C24H26N4O3. The van der Waals surface area contributed by atoms with Crippen LogP contribution in [0.5, 0.6) is 0 Å². The molecule has 0 unspecified atom stereocenters. The minimum absolute atomic E-state index is 0.254. The van der Waals surface area contributed by atoms with Crippen LogP contribution in [-0.4, -0.2) is 26.2 Å². The Hall–Kier alpha value is -3.87. The lowest BCUT2D eigenvalue weighted by Gasteiger charge is -2.03. The van der Waals surface area contributed by atoms with E-state index in [1.165, 1.54) is 0 Å². The van der Waals surface area contributed by atoms with Crippen LogP contribution in [0.1, 0.15) is 48.3 Å². The zero-order chi connectivity index (χ0) is 22.5. The average Bonchev–Trinajstić information content (AvgIpc) is 3.37. The van der Waals surface area contributed by atoms with Crippen LogP contribution in [0, 0.1) is 13.8 Å². The molecule has 1 aromatic carbocycles. The molecule has 0 bridgehead atoms. The second-order valence-corrected chi connectivity index (χ2v) is 6.86. The monoisotopic (exact) mass is 418 g/mol. The lowest BCUT2D eigenvalue weighted by molar-refractivity contribution is 0.0697. The summed E-state index contributed by atoms with van der Waals surface area (Å²) in [6.45, 7) is 9.81. The van der Waals surface area contributed by atoms with Gasteiger partial charge in [-0.05, 0) is 68.3 Å². The normalized spacial score (nSPS) is 11.2. The molecule has 0 fully saturated rings. The number of nitrogens with zero attached hydrogens (tertiary/aromatic N) is 2. The second-order valence-electron chi connectivity index (χ2n) is 6.86. The molecule has 0 saturated heterocycles. The minimum Gasteiger partial charge on any atom is -0.478 e. The number of carboxylic acid groups (broad SMARTS) is 1. The fourth-order valence-corrected chi connectivity index (χ4v) is 3.30. The van der Waals surface area contributed by atoms with Crippen molar-refractivity contribution in [2.45, 2.75) is 34.6 Å². The maximum absolute atomic E-state index is 11.0. The molecule has 0 spiro atoms. The number of fused-ring (bicyclic) bond motifs is 1. The van der Waals surface area contributed by atoms with Gasteiger partial charge in [0.15, 0.2) is 0 Å². The number of aromatic amines is 1. The largest absolute Gasteiger partial charge is 0.478 e. The summed E-state index contributed by atoms with van der Waals surface area (Å²) in [5, 5.41) is 17.2. The Morgan fingerprint density at radius 1 is 1.16 bits per heavy atom. The number of carbonyl (C=O) groups is 1. The molecule has 3 aromatic heterocycles. The molecule has 0 saturated carbocycles. The van der Waals surface area contributed by atoms with Gasteiger partial charge in [-0.2, -0.15) is 0 Å².